The van der Waals surface area contributed by atoms with Gasteiger partial charge < -0.3 is 25.4 Å². The second kappa shape index (κ2) is 8.38. The van der Waals surface area contributed by atoms with Crippen LogP contribution in [0.25, 0.3) is 0 Å². The van der Waals surface area contributed by atoms with Gasteiger partial charge >= 0.3 is 12.1 Å². The molecule has 2 atom stereocenters. The van der Waals surface area contributed by atoms with Crippen LogP contribution in [0.1, 0.15) is 18.9 Å². The molecule has 0 unspecified atom stereocenters. The van der Waals surface area contributed by atoms with Crippen molar-refractivity contribution in [2.45, 2.75) is 32.1 Å². The van der Waals surface area contributed by atoms with Crippen LogP contribution in [0.15, 0.2) is 30.3 Å². The van der Waals surface area contributed by atoms with Gasteiger partial charge in [-0.1, -0.05) is 30.3 Å². The Kier molecular flexibility index (Phi) is 6.22. The largest absolute Gasteiger partial charge is 0.445 e. The van der Waals surface area contributed by atoms with Crippen LogP contribution in [0.3, 0.4) is 0 Å². The molecule has 1 heterocycles. The highest BCUT2D eigenvalue weighted by molar-refractivity contribution is 5.72. The van der Waals surface area contributed by atoms with Gasteiger partial charge in [-0.15, -0.1) is 0 Å². The Morgan fingerprint density at radius 3 is 2.74 bits per heavy atom. The van der Waals surface area contributed by atoms with Crippen LogP contribution in [-0.2, 0) is 16.1 Å². The lowest BCUT2D eigenvalue weighted by atomic mass is 10.0. The Balaban J connectivity index is 1.84. The number of rotatable bonds is 5. The van der Waals surface area contributed by atoms with E-state index in [1.54, 1.807) is 0 Å². The van der Waals surface area contributed by atoms with Crippen LogP contribution >= 0.6 is 0 Å². The topological polar surface area (TPSA) is 93.9 Å². The number of nitrogens with zero attached hydrogens (tertiary/aromatic N) is 1. The van der Waals surface area contributed by atoms with Gasteiger partial charge in [0.2, 0.25) is 0 Å². The molecule has 7 heteroatoms. The lowest BCUT2D eigenvalue weighted by Gasteiger charge is -2.37. The third-order valence-electron chi connectivity index (χ3n) is 3.77. The number of carbonyl (C=O) groups is 2. The van der Waals surface area contributed by atoms with Gasteiger partial charge in [0.25, 0.3) is 0 Å². The van der Waals surface area contributed by atoms with Crippen LogP contribution in [0, 0.1) is 0 Å². The van der Waals surface area contributed by atoms with Gasteiger partial charge in [-0.3, -0.25) is 0 Å². The van der Waals surface area contributed by atoms with E-state index < -0.39 is 12.1 Å². The maximum atomic E-state index is 12.0. The molecular formula is C16H23N3O4. The first-order valence-corrected chi connectivity index (χ1v) is 7.73. The highest BCUT2D eigenvalue weighted by Gasteiger charge is 2.32. The SMILES string of the molecule is CCO[C@@H]1CN(C(N)=O)CC[C@@H]1NC(=O)OCc1ccccc1. The number of urea groups is 1. The molecule has 0 radical (unpaired) electrons. The summed E-state index contributed by atoms with van der Waals surface area (Å²) in [7, 11) is 0. The summed E-state index contributed by atoms with van der Waals surface area (Å²) in [5.74, 6) is 0. The maximum Gasteiger partial charge on any atom is 0.407 e. The van der Waals surface area contributed by atoms with Crippen molar-refractivity contribution in [2.24, 2.45) is 5.73 Å². The smallest absolute Gasteiger partial charge is 0.407 e. The fourth-order valence-electron chi connectivity index (χ4n) is 2.58. The van der Waals surface area contributed by atoms with E-state index in [0.29, 0.717) is 26.1 Å². The molecule has 23 heavy (non-hydrogen) atoms. The zero-order valence-corrected chi connectivity index (χ0v) is 13.2. The van der Waals surface area contributed by atoms with Crippen molar-refractivity contribution < 1.29 is 19.1 Å². The van der Waals surface area contributed by atoms with Crippen molar-refractivity contribution in [3.63, 3.8) is 0 Å². The van der Waals surface area contributed by atoms with Crippen LogP contribution in [-0.4, -0.2) is 48.9 Å². The minimum atomic E-state index is -0.490. The number of ether oxygens (including phenoxy) is 2. The highest BCUT2D eigenvalue weighted by atomic mass is 16.5. The number of piperidine rings is 1. The number of nitrogens with two attached hydrogens (primary N) is 1. The van der Waals surface area contributed by atoms with E-state index in [9.17, 15) is 9.59 Å². The maximum absolute atomic E-state index is 12.0. The number of hydrogen-bond donors (Lipinski definition) is 2. The number of alkyl carbamates (subject to hydrolysis) is 1. The normalized spacial score (nSPS) is 20.8. The molecule has 1 aromatic carbocycles. The fraction of sp³-hybridized carbons (Fsp3) is 0.500. The Bertz CT molecular complexity index is 523. The molecule has 0 saturated carbocycles. The van der Waals surface area contributed by atoms with E-state index in [2.05, 4.69) is 5.32 Å². The molecule has 0 bridgehead atoms. The fourth-order valence-corrected chi connectivity index (χ4v) is 2.58. The van der Waals surface area contributed by atoms with Gasteiger partial charge in [0.15, 0.2) is 0 Å². The molecule has 3 amide bonds. The molecule has 1 aliphatic heterocycles. The van der Waals surface area contributed by atoms with Crippen molar-refractivity contribution >= 4 is 12.1 Å². The van der Waals surface area contributed by atoms with E-state index in [1.807, 2.05) is 37.3 Å². The van der Waals surface area contributed by atoms with E-state index in [1.165, 1.54) is 4.90 Å². The third-order valence-corrected chi connectivity index (χ3v) is 3.77. The van der Waals surface area contributed by atoms with Gasteiger partial charge in [-0.2, -0.15) is 0 Å². The number of carbonyl (C=O) groups excluding carboxylic acids is 2. The summed E-state index contributed by atoms with van der Waals surface area (Å²) in [4.78, 5) is 24.8. The van der Waals surface area contributed by atoms with Gasteiger partial charge in [0, 0.05) is 13.2 Å². The Morgan fingerprint density at radius 2 is 2.09 bits per heavy atom. The minimum Gasteiger partial charge on any atom is -0.445 e. The number of likely N-dealkylation sites (tertiary alicyclic amines) is 1. The number of nitrogens with one attached hydrogen (secondary N) is 1. The van der Waals surface area contributed by atoms with Crippen LogP contribution < -0.4 is 11.1 Å². The van der Waals surface area contributed by atoms with Crippen LogP contribution in [0.5, 0.6) is 0 Å². The molecular weight excluding hydrogens is 298 g/mol. The Labute approximate surface area is 135 Å². The number of amides is 3. The van der Waals surface area contributed by atoms with E-state index in [4.69, 9.17) is 15.2 Å². The molecule has 3 N–H and O–H groups in total. The van der Waals surface area contributed by atoms with Crippen LogP contribution in [0.2, 0.25) is 0 Å². The average Bonchev–Trinajstić information content (AvgIpc) is 2.55. The van der Waals surface area contributed by atoms with Crippen molar-refractivity contribution in [1.29, 1.82) is 0 Å². The number of benzene rings is 1. The molecule has 0 aromatic heterocycles. The summed E-state index contributed by atoms with van der Waals surface area (Å²) in [5, 5.41) is 2.82. The molecule has 2 rings (SSSR count). The monoisotopic (exact) mass is 321 g/mol. The quantitative estimate of drug-likeness (QED) is 0.858. The second-order valence-electron chi connectivity index (χ2n) is 5.38. The van der Waals surface area contributed by atoms with Crippen molar-refractivity contribution in [3.8, 4) is 0 Å². The van der Waals surface area contributed by atoms with Gasteiger partial charge in [-0.05, 0) is 18.9 Å². The molecule has 1 aromatic rings. The zero-order valence-electron chi connectivity index (χ0n) is 13.2. The summed E-state index contributed by atoms with van der Waals surface area (Å²) in [6, 6.07) is 8.79. The van der Waals surface area contributed by atoms with Crippen molar-refractivity contribution in [3.05, 3.63) is 35.9 Å². The first-order chi connectivity index (χ1) is 11.1. The minimum absolute atomic E-state index is 0.200. The Morgan fingerprint density at radius 1 is 1.35 bits per heavy atom. The Hall–Kier alpha value is -2.28. The van der Waals surface area contributed by atoms with Gasteiger partial charge in [-0.25, -0.2) is 9.59 Å². The lowest BCUT2D eigenvalue weighted by molar-refractivity contribution is -0.00599. The molecule has 1 aliphatic rings. The summed E-state index contributed by atoms with van der Waals surface area (Å²) in [5.41, 5.74) is 6.23. The summed E-state index contributed by atoms with van der Waals surface area (Å²) >= 11 is 0. The zero-order chi connectivity index (χ0) is 16.7. The van der Waals surface area contributed by atoms with Crippen LogP contribution in [0.4, 0.5) is 9.59 Å². The molecule has 1 fully saturated rings. The van der Waals surface area contributed by atoms with E-state index in [0.717, 1.165) is 5.56 Å². The number of primary amides is 1. The third kappa shape index (κ3) is 5.14. The summed E-state index contributed by atoms with van der Waals surface area (Å²) < 4.78 is 10.8. The lowest BCUT2D eigenvalue weighted by Crippen LogP contribution is -2.57. The number of hydrogen-bond acceptors (Lipinski definition) is 4. The second-order valence-corrected chi connectivity index (χ2v) is 5.38. The molecule has 0 aliphatic carbocycles. The average molecular weight is 321 g/mol. The van der Waals surface area contributed by atoms with Crippen molar-refractivity contribution in [1.82, 2.24) is 10.2 Å². The van der Waals surface area contributed by atoms with Gasteiger partial charge in [0.1, 0.15) is 6.61 Å². The first kappa shape index (κ1) is 17.1. The van der Waals surface area contributed by atoms with Gasteiger partial charge in [0.05, 0.1) is 18.7 Å². The molecule has 1 saturated heterocycles. The molecule has 7 nitrogen and oxygen atoms in total. The standard InChI is InChI=1S/C16H23N3O4/c1-2-22-14-10-19(15(17)20)9-8-13(14)18-16(21)23-11-12-6-4-3-5-7-12/h3-7,13-14H,2,8-11H2,1H3,(H2,17,20)(H,18,21)/t13-,14+/m0/s1. The van der Waals surface area contributed by atoms with Crippen molar-refractivity contribution in [2.75, 3.05) is 19.7 Å². The molecule has 126 valence electrons. The summed E-state index contributed by atoms with van der Waals surface area (Å²) in [6.45, 7) is 3.43. The highest BCUT2D eigenvalue weighted by Crippen LogP contribution is 2.14. The van der Waals surface area contributed by atoms with E-state index in [-0.39, 0.29) is 18.8 Å². The predicted octanol–water partition coefficient (Wildman–Crippen LogP) is 1.47. The van der Waals surface area contributed by atoms with E-state index >= 15 is 0 Å². The molecule has 0 spiro atoms. The summed E-state index contributed by atoms with van der Waals surface area (Å²) in [6.07, 6.45) is -0.199. The first-order valence-electron chi connectivity index (χ1n) is 7.73. The predicted molar refractivity (Wildman–Crippen MR) is 84.7 cm³/mol.